The van der Waals surface area contributed by atoms with Gasteiger partial charge in [0.1, 0.15) is 0 Å². The summed E-state index contributed by atoms with van der Waals surface area (Å²) in [6, 6.07) is 11.9. The van der Waals surface area contributed by atoms with Gasteiger partial charge in [-0.1, -0.05) is 36.8 Å². The summed E-state index contributed by atoms with van der Waals surface area (Å²) in [4.78, 5) is 0. The molecule has 17 heavy (non-hydrogen) atoms. The van der Waals surface area contributed by atoms with E-state index in [2.05, 4.69) is 47.9 Å². The van der Waals surface area contributed by atoms with Gasteiger partial charge in [-0.05, 0) is 44.8 Å². The molecule has 2 unspecified atom stereocenters. The smallest absolute Gasteiger partial charge is 0.0291 e. The molecule has 0 spiro atoms. The zero-order valence-electron chi connectivity index (χ0n) is 10.8. The molecule has 2 N–H and O–H groups in total. The van der Waals surface area contributed by atoms with Gasteiger partial charge in [0.05, 0.1) is 0 Å². The zero-order valence-corrected chi connectivity index (χ0v) is 10.8. The monoisotopic (exact) mass is 232 g/mol. The predicted molar refractivity (Wildman–Crippen MR) is 73.1 cm³/mol. The van der Waals surface area contributed by atoms with Crippen LogP contribution in [-0.4, -0.2) is 19.1 Å². The standard InChI is InChI=1S/C15H24N2/c1-13(14-7-3-2-4-8-14)16-12-10-15-9-5-6-11-17-15/h2-4,7-8,13,15-17H,5-6,9-12H2,1H3. The van der Waals surface area contributed by atoms with Crippen LogP contribution in [0.3, 0.4) is 0 Å². The van der Waals surface area contributed by atoms with E-state index in [-0.39, 0.29) is 0 Å². The summed E-state index contributed by atoms with van der Waals surface area (Å²) in [5.41, 5.74) is 1.38. The molecule has 0 saturated carbocycles. The normalized spacial score (nSPS) is 22.3. The van der Waals surface area contributed by atoms with E-state index in [0.717, 1.165) is 12.6 Å². The average Bonchev–Trinajstić information content (AvgIpc) is 2.41. The molecule has 0 bridgehead atoms. The summed E-state index contributed by atoms with van der Waals surface area (Å²) in [6.07, 6.45) is 5.34. The third-order valence-corrected chi connectivity index (χ3v) is 3.66. The quantitative estimate of drug-likeness (QED) is 0.815. The Balaban J connectivity index is 1.67. The maximum absolute atomic E-state index is 3.61. The van der Waals surface area contributed by atoms with Crippen molar-refractivity contribution in [2.45, 2.75) is 44.7 Å². The number of rotatable bonds is 5. The molecule has 1 aromatic carbocycles. The van der Waals surface area contributed by atoms with E-state index in [0.29, 0.717) is 6.04 Å². The van der Waals surface area contributed by atoms with E-state index in [4.69, 9.17) is 0 Å². The van der Waals surface area contributed by atoms with Crippen LogP contribution >= 0.6 is 0 Å². The van der Waals surface area contributed by atoms with E-state index in [1.165, 1.54) is 37.8 Å². The van der Waals surface area contributed by atoms with Gasteiger partial charge in [-0.15, -0.1) is 0 Å². The van der Waals surface area contributed by atoms with E-state index >= 15 is 0 Å². The van der Waals surface area contributed by atoms with Gasteiger partial charge in [-0.2, -0.15) is 0 Å². The Hall–Kier alpha value is -0.860. The van der Waals surface area contributed by atoms with E-state index in [1.807, 2.05) is 0 Å². The van der Waals surface area contributed by atoms with Gasteiger partial charge in [0.15, 0.2) is 0 Å². The van der Waals surface area contributed by atoms with Crippen molar-refractivity contribution in [1.29, 1.82) is 0 Å². The molecule has 94 valence electrons. The molecule has 2 nitrogen and oxygen atoms in total. The van der Waals surface area contributed by atoms with Gasteiger partial charge < -0.3 is 10.6 Å². The van der Waals surface area contributed by atoms with Crippen molar-refractivity contribution in [3.63, 3.8) is 0 Å². The summed E-state index contributed by atoms with van der Waals surface area (Å²) in [6.45, 7) is 4.55. The summed E-state index contributed by atoms with van der Waals surface area (Å²) >= 11 is 0. The lowest BCUT2D eigenvalue weighted by Crippen LogP contribution is -2.36. The molecule has 1 aliphatic rings. The third kappa shape index (κ3) is 4.14. The molecular formula is C15H24N2. The van der Waals surface area contributed by atoms with Crippen LogP contribution in [0.4, 0.5) is 0 Å². The fraction of sp³-hybridized carbons (Fsp3) is 0.600. The largest absolute Gasteiger partial charge is 0.314 e. The van der Waals surface area contributed by atoms with Crippen LogP contribution in [0.25, 0.3) is 0 Å². The van der Waals surface area contributed by atoms with Gasteiger partial charge in [-0.25, -0.2) is 0 Å². The van der Waals surface area contributed by atoms with Crippen molar-refractivity contribution in [3.8, 4) is 0 Å². The Bertz CT molecular complexity index is 304. The lowest BCUT2D eigenvalue weighted by Gasteiger charge is -2.24. The van der Waals surface area contributed by atoms with Gasteiger partial charge in [0, 0.05) is 12.1 Å². The first kappa shape index (κ1) is 12.6. The van der Waals surface area contributed by atoms with Crippen LogP contribution in [-0.2, 0) is 0 Å². The predicted octanol–water partition coefficient (Wildman–Crippen LogP) is 2.87. The lowest BCUT2D eigenvalue weighted by atomic mass is 10.0. The van der Waals surface area contributed by atoms with Crippen molar-refractivity contribution in [2.75, 3.05) is 13.1 Å². The number of hydrogen-bond donors (Lipinski definition) is 2. The molecule has 2 heteroatoms. The van der Waals surface area contributed by atoms with Gasteiger partial charge >= 0.3 is 0 Å². The molecule has 0 aromatic heterocycles. The van der Waals surface area contributed by atoms with Gasteiger partial charge in [-0.3, -0.25) is 0 Å². The van der Waals surface area contributed by atoms with Crippen LogP contribution in [0, 0.1) is 0 Å². The second-order valence-corrected chi connectivity index (χ2v) is 5.02. The lowest BCUT2D eigenvalue weighted by molar-refractivity contribution is 0.371. The number of hydrogen-bond acceptors (Lipinski definition) is 2. The Kier molecular flexibility index (Phi) is 5.02. The fourth-order valence-corrected chi connectivity index (χ4v) is 2.50. The highest BCUT2D eigenvalue weighted by Crippen LogP contribution is 2.13. The second-order valence-electron chi connectivity index (χ2n) is 5.02. The molecule has 0 amide bonds. The Morgan fingerprint density at radius 1 is 1.29 bits per heavy atom. The minimum atomic E-state index is 0.458. The summed E-state index contributed by atoms with van der Waals surface area (Å²) < 4.78 is 0. The first-order valence-electron chi connectivity index (χ1n) is 6.88. The second kappa shape index (κ2) is 6.77. The summed E-state index contributed by atoms with van der Waals surface area (Å²) in [5.74, 6) is 0. The Labute approximate surface area is 105 Å². The zero-order chi connectivity index (χ0) is 11.9. The van der Waals surface area contributed by atoms with Crippen LogP contribution in [0.2, 0.25) is 0 Å². The first-order valence-corrected chi connectivity index (χ1v) is 6.88. The van der Waals surface area contributed by atoms with Gasteiger partial charge in [0.2, 0.25) is 0 Å². The number of nitrogens with one attached hydrogen (secondary N) is 2. The number of benzene rings is 1. The van der Waals surface area contributed by atoms with Crippen molar-refractivity contribution >= 4 is 0 Å². The molecule has 1 saturated heterocycles. The van der Waals surface area contributed by atoms with E-state index < -0.39 is 0 Å². The summed E-state index contributed by atoms with van der Waals surface area (Å²) in [7, 11) is 0. The average molecular weight is 232 g/mol. The topological polar surface area (TPSA) is 24.1 Å². The molecule has 2 atom stereocenters. The molecule has 0 radical (unpaired) electrons. The van der Waals surface area contributed by atoms with E-state index in [1.54, 1.807) is 0 Å². The maximum atomic E-state index is 3.61. The van der Waals surface area contributed by atoms with E-state index in [9.17, 15) is 0 Å². The fourth-order valence-electron chi connectivity index (χ4n) is 2.50. The van der Waals surface area contributed by atoms with Crippen molar-refractivity contribution in [3.05, 3.63) is 35.9 Å². The van der Waals surface area contributed by atoms with Crippen molar-refractivity contribution in [2.24, 2.45) is 0 Å². The summed E-state index contributed by atoms with van der Waals surface area (Å²) in [5, 5.41) is 7.20. The minimum absolute atomic E-state index is 0.458. The first-order chi connectivity index (χ1) is 8.36. The van der Waals surface area contributed by atoms with Crippen LogP contribution in [0.15, 0.2) is 30.3 Å². The van der Waals surface area contributed by atoms with Crippen molar-refractivity contribution < 1.29 is 0 Å². The maximum Gasteiger partial charge on any atom is 0.0291 e. The van der Waals surface area contributed by atoms with Crippen LogP contribution < -0.4 is 10.6 Å². The Morgan fingerprint density at radius 2 is 2.12 bits per heavy atom. The molecule has 2 rings (SSSR count). The molecular weight excluding hydrogens is 208 g/mol. The highest BCUT2D eigenvalue weighted by atomic mass is 14.9. The molecule has 1 heterocycles. The Morgan fingerprint density at radius 3 is 2.82 bits per heavy atom. The third-order valence-electron chi connectivity index (χ3n) is 3.66. The highest BCUT2D eigenvalue weighted by Gasteiger charge is 2.12. The number of piperidine rings is 1. The SMILES string of the molecule is CC(NCCC1CCCCN1)c1ccccc1. The van der Waals surface area contributed by atoms with Crippen molar-refractivity contribution in [1.82, 2.24) is 10.6 Å². The molecule has 1 aliphatic heterocycles. The molecule has 0 aliphatic carbocycles. The molecule has 1 aromatic rings. The molecule has 1 fully saturated rings. The highest BCUT2D eigenvalue weighted by molar-refractivity contribution is 5.17. The van der Waals surface area contributed by atoms with Crippen LogP contribution in [0.1, 0.15) is 44.2 Å². The van der Waals surface area contributed by atoms with Gasteiger partial charge in [0.25, 0.3) is 0 Å². The minimum Gasteiger partial charge on any atom is -0.314 e. The van der Waals surface area contributed by atoms with Crippen LogP contribution in [0.5, 0.6) is 0 Å².